The first-order valence-electron chi connectivity index (χ1n) is 6.91. The summed E-state index contributed by atoms with van der Waals surface area (Å²) in [7, 11) is 0. The Bertz CT molecular complexity index is 251. The van der Waals surface area contributed by atoms with Crippen molar-refractivity contribution in [3.8, 4) is 0 Å². The van der Waals surface area contributed by atoms with Crippen molar-refractivity contribution in [3.63, 3.8) is 0 Å². The Hall–Kier alpha value is -0.0800. The van der Waals surface area contributed by atoms with E-state index in [0.717, 1.165) is 18.4 Å². The molecule has 94 valence electrons. The molecule has 2 rings (SSSR count). The van der Waals surface area contributed by atoms with E-state index in [-0.39, 0.29) is 5.72 Å². The molecule has 3 unspecified atom stereocenters. The van der Waals surface area contributed by atoms with Gasteiger partial charge in [0.15, 0.2) is 0 Å². The summed E-state index contributed by atoms with van der Waals surface area (Å²) in [6.07, 6.45) is 3.91. The first kappa shape index (κ1) is 12.4. The smallest absolute Gasteiger partial charge is 0.125 e. The SMILES string of the molecule is CC(C)C1CCCC12OCC(C)N2C(C)C. The predicted molar refractivity (Wildman–Crippen MR) is 67.3 cm³/mol. The van der Waals surface area contributed by atoms with Crippen LogP contribution in [-0.4, -0.2) is 29.3 Å². The molecule has 0 aromatic carbocycles. The van der Waals surface area contributed by atoms with Crippen LogP contribution in [0.2, 0.25) is 0 Å². The summed E-state index contributed by atoms with van der Waals surface area (Å²) < 4.78 is 6.29. The standard InChI is InChI=1S/C14H27NO/c1-10(2)13-7-6-8-14(13)15(11(3)4)12(5)9-16-14/h10-13H,6-9H2,1-5H3. The Morgan fingerprint density at radius 3 is 2.50 bits per heavy atom. The third-order valence-corrected chi connectivity index (χ3v) is 4.48. The van der Waals surface area contributed by atoms with Crippen molar-refractivity contribution >= 4 is 0 Å². The van der Waals surface area contributed by atoms with Crippen molar-refractivity contribution in [1.82, 2.24) is 4.90 Å². The first-order chi connectivity index (χ1) is 7.49. The van der Waals surface area contributed by atoms with Crippen LogP contribution >= 0.6 is 0 Å². The monoisotopic (exact) mass is 225 g/mol. The van der Waals surface area contributed by atoms with Gasteiger partial charge in [0.05, 0.1) is 6.61 Å². The Kier molecular flexibility index (Phi) is 3.33. The van der Waals surface area contributed by atoms with E-state index in [1.54, 1.807) is 0 Å². The van der Waals surface area contributed by atoms with Gasteiger partial charge < -0.3 is 4.74 Å². The maximum absolute atomic E-state index is 6.29. The maximum Gasteiger partial charge on any atom is 0.125 e. The largest absolute Gasteiger partial charge is 0.358 e. The van der Waals surface area contributed by atoms with E-state index in [9.17, 15) is 0 Å². The second-order valence-electron chi connectivity index (χ2n) is 6.25. The minimum Gasteiger partial charge on any atom is -0.358 e. The molecule has 1 aliphatic carbocycles. The van der Waals surface area contributed by atoms with Crippen LogP contribution in [0.1, 0.15) is 53.9 Å². The van der Waals surface area contributed by atoms with Crippen molar-refractivity contribution < 1.29 is 4.74 Å². The average molecular weight is 225 g/mol. The van der Waals surface area contributed by atoms with E-state index >= 15 is 0 Å². The molecule has 1 spiro atoms. The first-order valence-corrected chi connectivity index (χ1v) is 6.91. The average Bonchev–Trinajstić information content (AvgIpc) is 2.72. The predicted octanol–water partition coefficient (Wildman–Crippen LogP) is 3.27. The topological polar surface area (TPSA) is 12.5 Å². The molecule has 0 N–H and O–H groups in total. The fraction of sp³-hybridized carbons (Fsp3) is 1.00. The third-order valence-electron chi connectivity index (χ3n) is 4.48. The fourth-order valence-electron chi connectivity index (χ4n) is 4.08. The Morgan fingerprint density at radius 1 is 1.25 bits per heavy atom. The molecule has 16 heavy (non-hydrogen) atoms. The van der Waals surface area contributed by atoms with Crippen LogP contribution in [0.25, 0.3) is 0 Å². The summed E-state index contributed by atoms with van der Waals surface area (Å²) in [4.78, 5) is 2.64. The molecule has 1 saturated heterocycles. The summed E-state index contributed by atoms with van der Waals surface area (Å²) in [6.45, 7) is 12.5. The zero-order valence-electron chi connectivity index (χ0n) is 11.5. The molecule has 2 nitrogen and oxygen atoms in total. The lowest BCUT2D eigenvalue weighted by Crippen LogP contribution is -2.54. The van der Waals surface area contributed by atoms with Crippen LogP contribution in [0.3, 0.4) is 0 Å². The normalized spacial score (nSPS) is 40.7. The van der Waals surface area contributed by atoms with Gasteiger partial charge >= 0.3 is 0 Å². The van der Waals surface area contributed by atoms with Crippen molar-refractivity contribution in [3.05, 3.63) is 0 Å². The minimum atomic E-state index is 0.0712. The summed E-state index contributed by atoms with van der Waals surface area (Å²) in [5.41, 5.74) is 0.0712. The van der Waals surface area contributed by atoms with Gasteiger partial charge in [-0.3, -0.25) is 4.90 Å². The summed E-state index contributed by atoms with van der Waals surface area (Å²) >= 11 is 0. The van der Waals surface area contributed by atoms with Crippen LogP contribution in [0.15, 0.2) is 0 Å². The highest BCUT2D eigenvalue weighted by atomic mass is 16.5. The van der Waals surface area contributed by atoms with Gasteiger partial charge in [0.1, 0.15) is 5.72 Å². The van der Waals surface area contributed by atoms with Gasteiger partial charge in [-0.05, 0) is 46.0 Å². The molecule has 0 amide bonds. The van der Waals surface area contributed by atoms with Crippen LogP contribution in [-0.2, 0) is 4.74 Å². The quantitative estimate of drug-likeness (QED) is 0.715. The van der Waals surface area contributed by atoms with E-state index in [0.29, 0.717) is 12.1 Å². The van der Waals surface area contributed by atoms with Crippen LogP contribution < -0.4 is 0 Å². The van der Waals surface area contributed by atoms with E-state index in [1.807, 2.05) is 0 Å². The van der Waals surface area contributed by atoms with Crippen LogP contribution in [0, 0.1) is 11.8 Å². The molecule has 2 heteroatoms. The minimum absolute atomic E-state index is 0.0712. The fourth-order valence-corrected chi connectivity index (χ4v) is 4.08. The second kappa shape index (κ2) is 4.30. The number of hydrogen-bond acceptors (Lipinski definition) is 2. The van der Waals surface area contributed by atoms with Crippen LogP contribution in [0.5, 0.6) is 0 Å². The van der Waals surface area contributed by atoms with Gasteiger partial charge in [-0.2, -0.15) is 0 Å². The molecule has 2 fully saturated rings. The lowest BCUT2D eigenvalue weighted by Gasteiger charge is -2.44. The van der Waals surface area contributed by atoms with E-state index < -0.39 is 0 Å². The summed E-state index contributed by atoms with van der Waals surface area (Å²) in [5.74, 6) is 1.45. The molecule has 2 aliphatic rings. The van der Waals surface area contributed by atoms with Gasteiger partial charge in [-0.1, -0.05) is 13.8 Å². The number of nitrogens with zero attached hydrogens (tertiary/aromatic N) is 1. The number of rotatable bonds is 2. The molecule has 0 aromatic rings. The molecule has 3 atom stereocenters. The Labute approximate surface area is 100 Å². The molecular formula is C14H27NO. The molecule has 0 aromatic heterocycles. The molecular weight excluding hydrogens is 198 g/mol. The Balaban J connectivity index is 2.28. The number of ether oxygens (including phenoxy) is 1. The number of hydrogen-bond donors (Lipinski definition) is 0. The second-order valence-corrected chi connectivity index (χ2v) is 6.25. The van der Waals surface area contributed by atoms with E-state index in [4.69, 9.17) is 4.74 Å². The maximum atomic E-state index is 6.29. The van der Waals surface area contributed by atoms with Crippen molar-refractivity contribution in [2.75, 3.05) is 6.61 Å². The summed E-state index contributed by atoms with van der Waals surface area (Å²) in [6, 6.07) is 1.18. The van der Waals surface area contributed by atoms with Crippen molar-refractivity contribution in [1.29, 1.82) is 0 Å². The van der Waals surface area contributed by atoms with Gasteiger partial charge in [0.25, 0.3) is 0 Å². The highest BCUT2D eigenvalue weighted by Crippen LogP contribution is 2.49. The molecule has 0 bridgehead atoms. The van der Waals surface area contributed by atoms with Gasteiger partial charge in [0.2, 0.25) is 0 Å². The highest BCUT2D eigenvalue weighted by molar-refractivity contribution is 5.01. The third kappa shape index (κ3) is 1.70. The van der Waals surface area contributed by atoms with Crippen LogP contribution in [0.4, 0.5) is 0 Å². The van der Waals surface area contributed by atoms with E-state index in [2.05, 4.69) is 39.5 Å². The van der Waals surface area contributed by atoms with Gasteiger partial charge in [0, 0.05) is 18.0 Å². The zero-order valence-corrected chi connectivity index (χ0v) is 11.5. The van der Waals surface area contributed by atoms with Gasteiger partial charge in [-0.15, -0.1) is 0 Å². The molecule has 1 heterocycles. The molecule has 1 aliphatic heterocycles. The molecule has 0 radical (unpaired) electrons. The van der Waals surface area contributed by atoms with Gasteiger partial charge in [-0.25, -0.2) is 0 Å². The summed E-state index contributed by atoms with van der Waals surface area (Å²) in [5, 5.41) is 0. The highest BCUT2D eigenvalue weighted by Gasteiger charge is 2.55. The van der Waals surface area contributed by atoms with Crippen molar-refractivity contribution in [2.24, 2.45) is 11.8 Å². The lowest BCUT2D eigenvalue weighted by molar-refractivity contribution is -0.134. The van der Waals surface area contributed by atoms with Crippen molar-refractivity contribution in [2.45, 2.75) is 71.7 Å². The molecule has 1 saturated carbocycles. The Morgan fingerprint density at radius 2 is 1.94 bits per heavy atom. The lowest BCUT2D eigenvalue weighted by atomic mass is 9.86. The zero-order chi connectivity index (χ0) is 11.9. The van der Waals surface area contributed by atoms with E-state index in [1.165, 1.54) is 19.3 Å².